The number of ether oxygens (including phenoxy) is 1. The van der Waals surface area contributed by atoms with Gasteiger partial charge in [-0.1, -0.05) is 13.8 Å². The fourth-order valence-corrected chi connectivity index (χ4v) is 0.508. The second-order valence-corrected chi connectivity index (χ2v) is 1.44. The Morgan fingerprint density at radius 3 is 1.83 bits per heavy atom. The van der Waals surface area contributed by atoms with E-state index in [4.69, 9.17) is 4.74 Å². The Bertz CT molecular complexity index is 151. The molecule has 1 nitrogen and oxygen atoms in total. The molecule has 0 unspecified atom stereocenters. The average Bonchev–Trinajstić information content (AvgIpc) is 2.10. The zero-order chi connectivity index (χ0) is 7.82. The number of methoxy groups -OCH3 is 1. The van der Waals surface area contributed by atoms with Gasteiger partial charge >= 0.3 is 51.4 Å². The van der Waals surface area contributed by atoms with Crippen LogP contribution in [0.25, 0.3) is 0 Å². The summed E-state index contributed by atoms with van der Waals surface area (Å²) in [5.41, 5.74) is 0. The molecule has 0 heterocycles. The fourth-order valence-electron chi connectivity index (χ4n) is 0.508. The number of rotatable bonds is 1. The van der Waals surface area contributed by atoms with Gasteiger partial charge in [-0.3, -0.25) is 0 Å². The van der Waals surface area contributed by atoms with E-state index in [-0.39, 0.29) is 58.8 Å². The first-order chi connectivity index (χ1) is 4.93. The van der Waals surface area contributed by atoms with Crippen molar-refractivity contribution >= 4 is 0 Å². The maximum absolute atomic E-state index is 4.89. The van der Waals surface area contributed by atoms with Gasteiger partial charge in [0, 0.05) is 5.75 Å². The molecule has 0 amide bonds. The van der Waals surface area contributed by atoms with E-state index in [1.165, 1.54) is 0 Å². The second kappa shape index (κ2) is 14.2. The van der Waals surface area contributed by atoms with Crippen molar-refractivity contribution in [1.82, 2.24) is 0 Å². The Labute approximate surface area is 119 Å². The first kappa shape index (κ1) is 18.4. The predicted molar refractivity (Wildman–Crippen MR) is 49.6 cm³/mol. The standard InChI is InChI=1S/C7H7O.C2H6.CH3.K/c1-8-7-5-3-2-4-6-7;1-2;;/h3-6H,1H3;1-2H3;1H3;/q-1;;-1;+1. The summed E-state index contributed by atoms with van der Waals surface area (Å²) in [5.74, 6) is 0.878. The molecule has 0 saturated carbocycles. The van der Waals surface area contributed by atoms with E-state index < -0.39 is 0 Å². The van der Waals surface area contributed by atoms with Gasteiger partial charge in [0.15, 0.2) is 0 Å². The monoisotopic (exact) mass is 191 g/mol. The molecule has 0 N–H and O–H groups in total. The Morgan fingerprint density at radius 2 is 1.58 bits per heavy atom. The first-order valence-electron chi connectivity index (χ1n) is 3.43. The van der Waals surface area contributed by atoms with E-state index in [0.717, 1.165) is 5.75 Å². The van der Waals surface area contributed by atoms with Crippen LogP contribution in [0.15, 0.2) is 24.3 Å². The molecule has 1 rings (SSSR count). The van der Waals surface area contributed by atoms with Gasteiger partial charge in [-0.2, -0.15) is 18.2 Å². The van der Waals surface area contributed by atoms with Crippen LogP contribution in [0, 0.1) is 13.5 Å². The summed E-state index contributed by atoms with van der Waals surface area (Å²) in [4.78, 5) is 0. The zero-order valence-corrected chi connectivity index (χ0v) is 11.8. The van der Waals surface area contributed by atoms with Crippen molar-refractivity contribution in [2.24, 2.45) is 0 Å². The van der Waals surface area contributed by atoms with E-state index in [9.17, 15) is 0 Å². The Balaban J connectivity index is -0.000000189. The van der Waals surface area contributed by atoms with Crippen LogP contribution in [-0.4, -0.2) is 7.11 Å². The van der Waals surface area contributed by atoms with Crippen molar-refractivity contribution < 1.29 is 56.1 Å². The van der Waals surface area contributed by atoms with Crippen molar-refractivity contribution in [2.45, 2.75) is 13.8 Å². The summed E-state index contributed by atoms with van der Waals surface area (Å²) in [6.45, 7) is 4.00. The average molecular weight is 191 g/mol. The van der Waals surface area contributed by atoms with Crippen LogP contribution in [0.3, 0.4) is 0 Å². The molecule has 0 aromatic heterocycles. The summed E-state index contributed by atoms with van der Waals surface area (Å²) >= 11 is 0. The fraction of sp³-hybridized carbons (Fsp3) is 0.300. The van der Waals surface area contributed by atoms with Crippen LogP contribution in [0.1, 0.15) is 13.8 Å². The minimum atomic E-state index is 0. The van der Waals surface area contributed by atoms with Crippen LogP contribution >= 0.6 is 0 Å². The minimum absolute atomic E-state index is 0. The van der Waals surface area contributed by atoms with Crippen molar-refractivity contribution in [1.29, 1.82) is 0 Å². The number of benzene rings is 1. The maximum atomic E-state index is 4.89. The summed E-state index contributed by atoms with van der Waals surface area (Å²) in [6, 6.07) is 10.2. The molecule has 0 spiro atoms. The van der Waals surface area contributed by atoms with E-state index in [2.05, 4.69) is 6.07 Å². The van der Waals surface area contributed by atoms with Gasteiger partial charge in [0.05, 0.1) is 7.11 Å². The molecule has 0 atom stereocenters. The van der Waals surface area contributed by atoms with Crippen LogP contribution in [-0.2, 0) is 0 Å². The molecular formula is C10H16KO-. The largest absolute Gasteiger partial charge is 1.00 e. The first-order valence-corrected chi connectivity index (χ1v) is 3.43. The third kappa shape index (κ3) is 8.75. The smallest absolute Gasteiger partial charge is 0.522 e. The molecule has 0 saturated heterocycles. The molecule has 0 fully saturated rings. The summed E-state index contributed by atoms with van der Waals surface area (Å²) < 4.78 is 4.89. The maximum Gasteiger partial charge on any atom is 1.00 e. The quantitative estimate of drug-likeness (QED) is 0.448. The molecule has 64 valence electrons. The molecular weight excluding hydrogens is 175 g/mol. The zero-order valence-electron chi connectivity index (χ0n) is 8.72. The van der Waals surface area contributed by atoms with Crippen LogP contribution < -0.4 is 56.1 Å². The van der Waals surface area contributed by atoms with E-state index >= 15 is 0 Å². The van der Waals surface area contributed by atoms with E-state index in [1.54, 1.807) is 7.11 Å². The Kier molecular flexibility index (Phi) is 21.8. The molecule has 0 radical (unpaired) electrons. The van der Waals surface area contributed by atoms with Crippen LogP contribution in [0.5, 0.6) is 5.75 Å². The molecule has 0 bridgehead atoms. The summed E-state index contributed by atoms with van der Waals surface area (Å²) in [7, 11) is 1.65. The van der Waals surface area contributed by atoms with E-state index in [1.807, 2.05) is 38.1 Å². The third-order valence-electron chi connectivity index (χ3n) is 0.923. The van der Waals surface area contributed by atoms with Gasteiger partial charge in [0.2, 0.25) is 0 Å². The van der Waals surface area contributed by atoms with Crippen molar-refractivity contribution in [2.75, 3.05) is 7.11 Å². The predicted octanol–water partition coefficient (Wildman–Crippen LogP) is -0.0241. The molecule has 2 heteroatoms. The van der Waals surface area contributed by atoms with E-state index in [0.29, 0.717) is 0 Å². The summed E-state index contributed by atoms with van der Waals surface area (Å²) in [5, 5.41) is 0. The molecule has 0 aliphatic rings. The SMILES string of the molecule is CC.COc1cc[c-]cc1.[CH3-].[K+]. The second-order valence-electron chi connectivity index (χ2n) is 1.44. The molecule has 1 aromatic rings. The van der Waals surface area contributed by atoms with Crippen molar-refractivity contribution in [3.05, 3.63) is 37.8 Å². The van der Waals surface area contributed by atoms with Gasteiger partial charge in [-0.15, -0.1) is 12.1 Å². The Hall–Kier alpha value is 0.656. The minimum Gasteiger partial charge on any atom is -0.522 e. The van der Waals surface area contributed by atoms with Gasteiger partial charge < -0.3 is 12.2 Å². The summed E-state index contributed by atoms with van der Waals surface area (Å²) in [6.07, 6.45) is 0. The topological polar surface area (TPSA) is 9.23 Å². The molecule has 0 aliphatic carbocycles. The van der Waals surface area contributed by atoms with Gasteiger partial charge in [0.1, 0.15) is 0 Å². The third-order valence-corrected chi connectivity index (χ3v) is 0.923. The van der Waals surface area contributed by atoms with Gasteiger partial charge in [-0.25, -0.2) is 0 Å². The molecule has 0 aliphatic heterocycles. The van der Waals surface area contributed by atoms with Crippen LogP contribution in [0.2, 0.25) is 0 Å². The molecule has 1 aromatic carbocycles. The van der Waals surface area contributed by atoms with Crippen molar-refractivity contribution in [3.63, 3.8) is 0 Å². The number of hydrogen-bond donors (Lipinski definition) is 0. The van der Waals surface area contributed by atoms with Crippen LogP contribution in [0.4, 0.5) is 0 Å². The van der Waals surface area contributed by atoms with Gasteiger partial charge in [-0.05, 0) is 0 Å². The number of hydrogen-bond acceptors (Lipinski definition) is 1. The molecule has 12 heavy (non-hydrogen) atoms. The van der Waals surface area contributed by atoms with Crippen molar-refractivity contribution in [3.8, 4) is 5.75 Å². The Morgan fingerprint density at radius 1 is 1.17 bits per heavy atom. The van der Waals surface area contributed by atoms with Gasteiger partial charge in [0.25, 0.3) is 0 Å². The normalized spacial score (nSPS) is 6.25.